The number of hydrogen-bond acceptors (Lipinski definition) is 6. The van der Waals surface area contributed by atoms with Crippen LogP contribution in [0.3, 0.4) is 0 Å². The predicted octanol–water partition coefficient (Wildman–Crippen LogP) is 7.56. The number of aromatic nitrogens is 2. The lowest BCUT2D eigenvalue weighted by Crippen LogP contribution is -2.33. The van der Waals surface area contributed by atoms with Crippen LogP contribution in [-0.2, 0) is 11.3 Å². The van der Waals surface area contributed by atoms with Crippen LogP contribution in [0.4, 0.5) is 10.6 Å². The maximum atomic E-state index is 11.5. The van der Waals surface area contributed by atoms with E-state index in [1.54, 1.807) is 0 Å². The second kappa shape index (κ2) is 14.3. The highest BCUT2D eigenvalue weighted by Gasteiger charge is 2.23. The van der Waals surface area contributed by atoms with Crippen molar-refractivity contribution in [3.63, 3.8) is 0 Å². The minimum atomic E-state index is -0.361. The van der Waals surface area contributed by atoms with Crippen LogP contribution in [0.2, 0.25) is 0 Å². The molecule has 1 aliphatic rings. The van der Waals surface area contributed by atoms with Gasteiger partial charge in [0.15, 0.2) is 5.82 Å². The molecule has 0 spiro atoms. The van der Waals surface area contributed by atoms with Gasteiger partial charge >= 0.3 is 6.09 Å². The topological polar surface area (TPSA) is 85.4 Å². The molecule has 0 aliphatic heterocycles. The maximum Gasteiger partial charge on any atom is 0.406 e. The molecule has 1 fully saturated rings. The van der Waals surface area contributed by atoms with Gasteiger partial charge in [-0.05, 0) is 101 Å². The summed E-state index contributed by atoms with van der Waals surface area (Å²) >= 11 is 2.33. The number of alkyl carbamates (subject to hydrolysis) is 1. The number of rotatable bonds is 10. The zero-order valence-electron chi connectivity index (χ0n) is 23.2. The van der Waals surface area contributed by atoms with Gasteiger partial charge in [-0.15, -0.1) is 0 Å². The lowest BCUT2D eigenvalue weighted by atomic mass is 9.81. The molecule has 4 aromatic rings. The molecule has 1 heterocycles. The summed E-state index contributed by atoms with van der Waals surface area (Å²) in [5.74, 6) is 3.33. The molecule has 7 nitrogen and oxygen atoms in total. The summed E-state index contributed by atoms with van der Waals surface area (Å²) < 4.78 is 11.8. The first kappa shape index (κ1) is 28.9. The van der Waals surface area contributed by atoms with E-state index >= 15 is 0 Å². The van der Waals surface area contributed by atoms with Crippen molar-refractivity contribution in [2.75, 3.05) is 25.5 Å². The number of nitrogens with zero attached hydrogens (tertiary/aromatic N) is 2. The lowest BCUT2D eigenvalue weighted by molar-refractivity contribution is 0.165. The second-order valence-electron chi connectivity index (χ2n) is 10.4. The Morgan fingerprint density at radius 1 is 0.976 bits per heavy atom. The fraction of sp³-hybridized carbons (Fsp3) is 0.303. The second-order valence-corrected chi connectivity index (χ2v) is 11.7. The van der Waals surface area contributed by atoms with Crippen LogP contribution in [-0.4, -0.2) is 36.3 Å². The first-order valence-corrected chi connectivity index (χ1v) is 15.1. The Hall–Kier alpha value is -3.66. The minimum absolute atomic E-state index is 0.361. The molecule has 41 heavy (non-hydrogen) atoms. The third-order valence-electron chi connectivity index (χ3n) is 7.40. The third-order valence-corrected chi connectivity index (χ3v) is 8.07. The highest BCUT2D eigenvalue weighted by molar-refractivity contribution is 14.1. The number of halogens is 1. The summed E-state index contributed by atoms with van der Waals surface area (Å²) in [6.45, 7) is 2.04. The molecule has 5 rings (SSSR count). The number of benzene rings is 3. The van der Waals surface area contributed by atoms with Gasteiger partial charge in [-0.2, -0.15) is 0 Å². The number of methoxy groups -OCH3 is 1. The van der Waals surface area contributed by atoms with Crippen molar-refractivity contribution in [1.82, 2.24) is 15.3 Å². The Labute approximate surface area is 254 Å². The van der Waals surface area contributed by atoms with E-state index in [1.807, 2.05) is 54.6 Å². The summed E-state index contributed by atoms with van der Waals surface area (Å²) in [5, 5.41) is 7.52. The van der Waals surface area contributed by atoms with Gasteiger partial charge in [-0.3, -0.25) is 0 Å². The number of carbonyl (C=O) groups is 1. The number of ether oxygens (including phenoxy) is 2. The molecule has 1 saturated carbocycles. The standard InChI is InChI=1S/C33H35IN4O3/c1-40-33(39)36-21-26-9-5-8-25(18-26)20-35-32-29-19-27(34)13-16-30(29)37-31(38-32)17-12-23-10-14-28(15-11-23)41-22-24-6-3-2-4-7-24/h2-4,6-7,10-17,19,25-26H,5,8-9,18,20-22H2,1H3,(H,36,39)(H,35,37,38). The van der Waals surface area contributed by atoms with Crippen molar-refractivity contribution in [3.05, 3.63) is 93.3 Å². The molecule has 1 aromatic heterocycles. The molecule has 2 unspecified atom stereocenters. The Balaban J connectivity index is 1.24. The average molecular weight is 663 g/mol. The number of nitrogens with one attached hydrogen (secondary N) is 2. The maximum absolute atomic E-state index is 11.5. The number of carbonyl (C=O) groups excluding carboxylic acids is 1. The summed E-state index contributed by atoms with van der Waals surface area (Å²) in [6, 6.07) is 24.4. The van der Waals surface area contributed by atoms with Crippen LogP contribution in [0.25, 0.3) is 23.1 Å². The van der Waals surface area contributed by atoms with Crippen molar-refractivity contribution < 1.29 is 14.3 Å². The number of anilines is 1. The number of fused-ring (bicyclic) bond motifs is 1. The van der Waals surface area contributed by atoms with Gasteiger partial charge in [0.1, 0.15) is 18.2 Å². The Bertz CT molecular complexity index is 1480. The molecule has 1 amide bonds. The SMILES string of the molecule is COC(=O)NCC1CCCC(CNc2nc(C=Cc3ccc(OCc4ccccc4)cc3)nc3ccc(I)cc23)C1. The Morgan fingerprint density at radius 2 is 1.76 bits per heavy atom. The van der Waals surface area contributed by atoms with Gasteiger partial charge in [-0.25, -0.2) is 14.8 Å². The van der Waals surface area contributed by atoms with Crippen LogP contribution in [0.15, 0.2) is 72.8 Å². The van der Waals surface area contributed by atoms with Gasteiger partial charge in [0.2, 0.25) is 0 Å². The molecular formula is C33H35IN4O3. The summed E-state index contributed by atoms with van der Waals surface area (Å²) in [4.78, 5) is 21.2. The monoisotopic (exact) mass is 662 g/mol. The zero-order chi connectivity index (χ0) is 28.4. The summed E-state index contributed by atoms with van der Waals surface area (Å²) in [5.41, 5.74) is 3.10. The van der Waals surface area contributed by atoms with Crippen LogP contribution in [0.5, 0.6) is 5.75 Å². The largest absolute Gasteiger partial charge is 0.489 e. The van der Waals surface area contributed by atoms with Gasteiger partial charge in [0.25, 0.3) is 0 Å². The van der Waals surface area contributed by atoms with E-state index in [4.69, 9.17) is 19.4 Å². The molecule has 0 radical (unpaired) electrons. The van der Waals surface area contributed by atoms with Gasteiger partial charge in [-0.1, -0.05) is 55.0 Å². The van der Waals surface area contributed by atoms with E-state index in [-0.39, 0.29) is 6.09 Å². The van der Waals surface area contributed by atoms with Crippen molar-refractivity contribution >= 4 is 57.6 Å². The molecule has 2 atom stereocenters. The normalized spacial score (nSPS) is 16.9. The molecule has 8 heteroatoms. The van der Waals surface area contributed by atoms with Crippen LogP contribution in [0.1, 0.15) is 42.6 Å². The average Bonchev–Trinajstić information content (AvgIpc) is 3.01. The first-order valence-electron chi connectivity index (χ1n) is 14.0. The first-order chi connectivity index (χ1) is 20.1. The van der Waals surface area contributed by atoms with E-state index < -0.39 is 0 Å². The summed E-state index contributed by atoms with van der Waals surface area (Å²) in [7, 11) is 1.40. The molecule has 0 bridgehead atoms. The van der Waals surface area contributed by atoms with E-state index in [2.05, 4.69) is 63.6 Å². The Morgan fingerprint density at radius 3 is 2.54 bits per heavy atom. The Kier molecular flexibility index (Phi) is 10.1. The van der Waals surface area contributed by atoms with E-state index in [1.165, 1.54) is 13.5 Å². The fourth-order valence-corrected chi connectivity index (χ4v) is 5.72. The zero-order valence-corrected chi connectivity index (χ0v) is 25.3. The van der Waals surface area contributed by atoms with Crippen molar-refractivity contribution in [3.8, 4) is 5.75 Å². The van der Waals surface area contributed by atoms with Gasteiger partial charge in [0, 0.05) is 22.0 Å². The molecule has 1 aliphatic carbocycles. The number of amides is 1. The van der Waals surface area contributed by atoms with Gasteiger partial charge in [0.05, 0.1) is 12.6 Å². The lowest BCUT2D eigenvalue weighted by Gasteiger charge is -2.29. The highest BCUT2D eigenvalue weighted by Crippen LogP contribution is 2.30. The number of hydrogen-bond donors (Lipinski definition) is 2. The molecule has 2 N–H and O–H groups in total. The molecule has 212 valence electrons. The fourth-order valence-electron chi connectivity index (χ4n) is 5.23. The van der Waals surface area contributed by atoms with Crippen LogP contribution >= 0.6 is 22.6 Å². The molecule has 0 saturated heterocycles. The summed E-state index contributed by atoms with van der Waals surface area (Å²) in [6.07, 6.45) is 8.14. The van der Waals surface area contributed by atoms with Crippen LogP contribution < -0.4 is 15.4 Å². The molecule has 3 aromatic carbocycles. The minimum Gasteiger partial charge on any atom is -0.489 e. The molecular weight excluding hydrogens is 627 g/mol. The quantitative estimate of drug-likeness (QED) is 0.171. The van der Waals surface area contributed by atoms with Gasteiger partial charge < -0.3 is 20.1 Å². The third kappa shape index (κ3) is 8.42. The van der Waals surface area contributed by atoms with Crippen molar-refractivity contribution in [2.45, 2.75) is 32.3 Å². The van der Waals surface area contributed by atoms with E-state index in [9.17, 15) is 4.79 Å². The smallest absolute Gasteiger partial charge is 0.406 e. The van der Waals surface area contributed by atoms with Crippen molar-refractivity contribution in [1.29, 1.82) is 0 Å². The highest BCUT2D eigenvalue weighted by atomic mass is 127. The van der Waals surface area contributed by atoms with Crippen molar-refractivity contribution in [2.24, 2.45) is 11.8 Å². The van der Waals surface area contributed by atoms with E-state index in [0.29, 0.717) is 30.8 Å². The van der Waals surface area contributed by atoms with E-state index in [0.717, 1.165) is 63.0 Å². The van der Waals surface area contributed by atoms with Crippen LogP contribution in [0, 0.1) is 15.4 Å². The predicted molar refractivity (Wildman–Crippen MR) is 173 cm³/mol.